The fourth-order valence-corrected chi connectivity index (χ4v) is 2.44. The van der Waals surface area contributed by atoms with Gasteiger partial charge in [-0.15, -0.1) is 12.4 Å². The number of rotatable bonds is 2. The Bertz CT molecular complexity index is 174. The predicted octanol–water partition coefficient (Wildman–Crippen LogP) is 1.13. The van der Waals surface area contributed by atoms with Crippen LogP contribution in [0.2, 0.25) is 0 Å². The Morgan fingerprint density at radius 2 is 2.33 bits per heavy atom. The first kappa shape index (κ1) is 13.2. The van der Waals surface area contributed by atoms with Gasteiger partial charge in [-0.3, -0.25) is 4.90 Å². The number of hydrogen-bond donors (Lipinski definition) is 1. The molecule has 2 fully saturated rings. The SMILES string of the molecule is C[C@@H]1CNCCN1CC1CCCOC1.Cl. The Kier molecular flexibility index (Phi) is 5.90. The summed E-state index contributed by atoms with van der Waals surface area (Å²) in [4.78, 5) is 2.61. The molecule has 2 aliphatic heterocycles. The van der Waals surface area contributed by atoms with E-state index in [1.54, 1.807) is 0 Å². The van der Waals surface area contributed by atoms with E-state index in [4.69, 9.17) is 4.74 Å². The molecule has 0 spiro atoms. The number of halogens is 1. The van der Waals surface area contributed by atoms with E-state index in [0.717, 1.165) is 32.2 Å². The summed E-state index contributed by atoms with van der Waals surface area (Å²) in [5.74, 6) is 0.782. The molecule has 1 N–H and O–H groups in total. The smallest absolute Gasteiger partial charge is 0.0506 e. The first-order valence-electron chi connectivity index (χ1n) is 5.89. The average molecular weight is 235 g/mol. The van der Waals surface area contributed by atoms with Gasteiger partial charge in [0.25, 0.3) is 0 Å². The second kappa shape index (κ2) is 6.69. The average Bonchev–Trinajstić information content (AvgIpc) is 2.23. The first-order chi connectivity index (χ1) is 6.86. The van der Waals surface area contributed by atoms with Crippen LogP contribution in [0.1, 0.15) is 19.8 Å². The summed E-state index contributed by atoms with van der Waals surface area (Å²) in [5.41, 5.74) is 0. The van der Waals surface area contributed by atoms with Crippen molar-refractivity contribution < 1.29 is 4.74 Å². The van der Waals surface area contributed by atoms with Crippen molar-refractivity contribution in [3.8, 4) is 0 Å². The standard InChI is InChI=1S/C11H22N2O.ClH/c1-10-7-12-4-5-13(10)8-11-3-2-6-14-9-11;/h10-12H,2-9H2,1H3;1H/t10-,11?;/m1./s1. The molecule has 3 nitrogen and oxygen atoms in total. The fraction of sp³-hybridized carbons (Fsp3) is 1.00. The number of piperazine rings is 1. The molecule has 4 heteroatoms. The number of ether oxygens (including phenoxy) is 1. The van der Waals surface area contributed by atoms with Crippen LogP contribution in [0.5, 0.6) is 0 Å². The zero-order valence-corrected chi connectivity index (χ0v) is 10.4. The summed E-state index contributed by atoms with van der Waals surface area (Å²) in [6, 6.07) is 0.700. The molecule has 1 unspecified atom stereocenters. The van der Waals surface area contributed by atoms with Crippen LogP contribution in [0.15, 0.2) is 0 Å². The lowest BCUT2D eigenvalue weighted by Gasteiger charge is -2.37. The minimum Gasteiger partial charge on any atom is -0.381 e. The molecule has 2 atom stereocenters. The first-order valence-corrected chi connectivity index (χ1v) is 5.89. The van der Waals surface area contributed by atoms with Gasteiger partial charge in [-0.1, -0.05) is 0 Å². The predicted molar refractivity (Wildman–Crippen MR) is 64.7 cm³/mol. The van der Waals surface area contributed by atoms with E-state index in [1.165, 1.54) is 25.9 Å². The third kappa shape index (κ3) is 3.91. The van der Waals surface area contributed by atoms with Crippen LogP contribution in [0, 0.1) is 5.92 Å². The zero-order valence-electron chi connectivity index (χ0n) is 9.58. The molecule has 2 rings (SSSR count). The van der Waals surface area contributed by atoms with E-state index >= 15 is 0 Å². The Hall–Kier alpha value is 0.170. The molecule has 15 heavy (non-hydrogen) atoms. The maximum Gasteiger partial charge on any atom is 0.0506 e. The second-order valence-corrected chi connectivity index (χ2v) is 4.63. The Morgan fingerprint density at radius 1 is 1.47 bits per heavy atom. The largest absolute Gasteiger partial charge is 0.381 e. The molecule has 0 aliphatic carbocycles. The highest BCUT2D eigenvalue weighted by Crippen LogP contribution is 2.16. The quantitative estimate of drug-likeness (QED) is 0.776. The van der Waals surface area contributed by atoms with Gasteiger partial charge in [0.15, 0.2) is 0 Å². The molecule has 0 bridgehead atoms. The van der Waals surface area contributed by atoms with E-state index in [0.29, 0.717) is 6.04 Å². The van der Waals surface area contributed by atoms with Gasteiger partial charge in [0, 0.05) is 38.8 Å². The van der Waals surface area contributed by atoms with E-state index in [-0.39, 0.29) is 12.4 Å². The summed E-state index contributed by atoms with van der Waals surface area (Å²) >= 11 is 0. The molecule has 0 aromatic heterocycles. The molecular weight excluding hydrogens is 212 g/mol. The molecule has 0 saturated carbocycles. The molecule has 0 aromatic rings. The summed E-state index contributed by atoms with van der Waals surface area (Å²) < 4.78 is 5.52. The highest BCUT2D eigenvalue weighted by atomic mass is 35.5. The van der Waals surface area contributed by atoms with Crippen molar-refractivity contribution in [2.24, 2.45) is 5.92 Å². The van der Waals surface area contributed by atoms with Gasteiger partial charge in [0.05, 0.1) is 6.61 Å². The third-order valence-corrected chi connectivity index (χ3v) is 3.39. The maximum absolute atomic E-state index is 5.52. The Balaban J connectivity index is 0.00000112. The molecule has 2 heterocycles. The summed E-state index contributed by atoms with van der Waals surface area (Å²) in [5, 5.41) is 3.43. The molecule has 0 radical (unpaired) electrons. The minimum atomic E-state index is 0. The van der Waals surface area contributed by atoms with E-state index in [9.17, 15) is 0 Å². The highest BCUT2D eigenvalue weighted by molar-refractivity contribution is 5.85. The van der Waals surface area contributed by atoms with Crippen molar-refractivity contribution >= 4 is 12.4 Å². The van der Waals surface area contributed by atoms with E-state index in [2.05, 4.69) is 17.1 Å². The van der Waals surface area contributed by atoms with Crippen LogP contribution in [0.4, 0.5) is 0 Å². The van der Waals surface area contributed by atoms with Crippen molar-refractivity contribution in [1.29, 1.82) is 0 Å². The summed E-state index contributed by atoms with van der Waals surface area (Å²) in [6.45, 7) is 9.02. The number of nitrogens with zero attached hydrogens (tertiary/aromatic N) is 1. The van der Waals surface area contributed by atoms with Crippen LogP contribution < -0.4 is 5.32 Å². The van der Waals surface area contributed by atoms with Crippen LogP contribution >= 0.6 is 12.4 Å². The van der Waals surface area contributed by atoms with Gasteiger partial charge in [0.2, 0.25) is 0 Å². The Labute approximate surface area is 99.0 Å². The van der Waals surface area contributed by atoms with Crippen LogP contribution in [0.25, 0.3) is 0 Å². The van der Waals surface area contributed by atoms with Gasteiger partial charge in [0.1, 0.15) is 0 Å². The molecule has 0 aromatic carbocycles. The van der Waals surface area contributed by atoms with Gasteiger partial charge in [-0.25, -0.2) is 0 Å². The normalized spacial score (nSPS) is 33.4. The van der Waals surface area contributed by atoms with Crippen LogP contribution in [-0.4, -0.2) is 50.3 Å². The Morgan fingerprint density at radius 3 is 3.00 bits per heavy atom. The lowest BCUT2D eigenvalue weighted by Crippen LogP contribution is -2.51. The van der Waals surface area contributed by atoms with Crippen molar-refractivity contribution in [3.05, 3.63) is 0 Å². The maximum atomic E-state index is 5.52. The zero-order chi connectivity index (χ0) is 9.80. The lowest BCUT2D eigenvalue weighted by atomic mass is 10.0. The van der Waals surface area contributed by atoms with Gasteiger partial charge in [-0.05, 0) is 25.7 Å². The molecule has 90 valence electrons. The number of hydrogen-bond acceptors (Lipinski definition) is 3. The highest BCUT2D eigenvalue weighted by Gasteiger charge is 2.22. The van der Waals surface area contributed by atoms with Crippen LogP contribution in [-0.2, 0) is 4.74 Å². The molecule has 2 aliphatic rings. The summed E-state index contributed by atoms with van der Waals surface area (Å²) in [7, 11) is 0. The number of nitrogens with one attached hydrogen (secondary N) is 1. The molecule has 2 saturated heterocycles. The van der Waals surface area contributed by atoms with Gasteiger partial charge < -0.3 is 10.1 Å². The van der Waals surface area contributed by atoms with Crippen molar-refractivity contribution in [2.75, 3.05) is 39.4 Å². The van der Waals surface area contributed by atoms with Gasteiger partial charge >= 0.3 is 0 Å². The minimum absolute atomic E-state index is 0. The molecule has 0 amide bonds. The summed E-state index contributed by atoms with van der Waals surface area (Å²) in [6.07, 6.45) is 2.61. The lowest BCUT2D eigenvalue weighted by molar-refractivity contribution is 0.0287. The van der Waals surface area contributed by atoms with Crippen LogP contribution in [0.3, 0.4) is 0 Å². The third-order valence-electron chi connectivity index (χ3n) is 3.39. The van der Waals surface area contributed by atoms with Crippen molar-refractivity contribution in [3.63, 3.8) is 0 Å². The molecular formula is C11H23ClN2O. The van der Waals surface area contributed by atoms with Gasteiger partial charge in [-0.2, -0.15) is 0 Å². The second-order valence-electron chi connectivity index (χ2n) is 4.63. The topological polar surface area (TPSA) is 24.5 Å². The monoisotopic (exact) mass is 234 g/mol. The van der Waals surface area contributed by atoms with E-state index in [1.807, 2.05) is 0 Å². The van der Waals surface area contributed by atoms with E-state index < -0.39 is 0 Å². The fourth-order valence-electron chi connectivity index (χ4n) is 2.44. The van der Waals surface area contributed by atoms with Crippen molar-refractivity contribution in [2.45, 2.75) is 25.8 Å². The van der Waals surface area contributed by atoms with Crippen molar-refractivity contribution in [1.82, 2.24) is 10.2 Å².